The minimum Gasteiger partial charge on any atom is -0.460 e. The fourth-order valence-electron chi connectivity index (χ4n) is 4.75. The van der Waals surface area contributed by atoms with Gasteiger partial charge in [0.15, 0.2) is 6.04 Å². The monoisotopic (exact) mass is 541 g/mol. The number of carbonyl (C=O) groups is 4. The minimum atomic E-state index is -1.41. The first-order valence-corrected chi connectivity index (χ1v) is 14.3. The molecule has 1 aliphatic rings. The first kappa shape index (κ1) is 33.8. The second-order valence-electron chi connectivity index (χ2n) is 11.1. The predicted octanol–water partition coefficient (Wildman–Crippen LogP) is 2.20. The average Bonchev–Trinajstić information content (AvgIpc) is 2.87. The number of cyclic esters (lactones) is 1. The molecule has 1 fully saturated rings. The summed E-state index contributed by atoms with van der Waals surface area (Å²) in [6.07, 6.45) is 7.88. The van der Waals surface area contributed by atoms with E-state index in [1.165, 1.54) is 39.0 Å². The molecule has 10 heteroatoms. The fraction of sp³-hybridized carbons (Fsp3) is 0.857. The zero-order chi connectivity index (χ0) is 28.8. The molecule has 10 nitrogen and oxygen atoms in total. The van der Waals surface area contributed by atoms with Gasteiger partial charge in [-0.1, -0.05) is 86.0 Å². The molecular formula is C28H51N3O7. The van der Waals surface area contributed by atoms with Gasteiger partial charge in [-0.05, 0) is 25.2 Å². The number of ether oxygens (including phenoxy) is 1. The summed E-state index contributed by atoms with van der Waals surface area (Å²) in [5.41, 5.74) is 0. The molecule has 7 atom stereocenters. The Morgan fingerprint density at radius 1 is 0.789 bits per heavy atom. The predicted molar refractivity (Wildman–Crippen MR) is 145 cm³/mol. The molecule has 0 spiro atoms. The zero-order valence-electron chi connectivity index (χ0n) is 24.1. The lowest BCUT2D eigenvalue weighted by Crippen LogP contribution is -2.60. The van der Waals surface area contributed by atoms with Crippen molar-refractivity contribution < 1.29 is 34.1 Å². The minimum absolute atomic E-state index is 0.170. The van der Waals surface area contributed by atoms with Crippen molar-refractivity contribution in [1.82, 2.24) is 16.0 Å². The third-order valence-electron chi connectivity index (χ3n) is 7.33. The Hall–Kier alpha value is -2.20. The van der Waals surface area contributed by atoms with E-state index in [-0.39, 0.29) is 11.8 Å². The lowest BCUT2D eigenvalue weighted by atomic mass is 9.88. The van der Waals surface area contributed by atoms with Gasteiger partial charge in [-0.3, -0.25) is 14.4 Å². The molecule has 0 saturated carbocycles. The number of carbonyl (C=O) groups excluding carboxylic acids is 4. The summed E-state index contributed by atoms with van der Waals surface area (Å²) >= 11 is 0. The molecular weight excluding hydrogens is 490 g/mol. The number of hydrogen-bond acceptors (Lipinski definition) is 7. The molecule has 1 aliphatic heterocycles. The molecule has 38 heavy (non-hydrogen) atoms. The van der Waals surface area contributed by atoms with Crippen LogP contribution in [0.2, 0.25) is 0 Å². The maximum atomic E-state index is 13.3. The third kappa shape index (κ3) is 10.9. The highest BCUT2D eigenvalue weighted by Crippen LogP contribution is 2.24. The number of amides is 3. The van der Waals surface area contributed by atoms with Crippen molar-refractivity contribution in [2.45, 2.75) is 130 Å². The Balaban J connectivity index is 3.10. The van der Waals surface area contributed by atoms with Gasteiger partial charge in [0.2, 0.25) is 17.7 Å². The first-order chi connectivity index (χ1) is 17.9. The van der Waals surface area contributed by atoms with Gasteiger partial charge in [0.1, 0.15) is 18.2 Å². The highest BCUT2D eigenvalue weighted by atomic mass is 16.5. The van der Waals surface area contributed by atoms with Gasteiger partial charge < -0.3 is 30.9 Å². The van der Waals surface area contributed by atoms with E-state index in [4.69, 9.17) is 4.74 Å². The van der Waals surface area contributed by atoms with Gasteiger partial charge in [-0.15, -0.1) is 0 Å². The number of unbranched alkanes of at least 4 members (excludes halogenated alkanes) is 7. The molecule has 0 bridgehead atoms. The smallest absolute Gasteiger partial charge is 0.331 e. The standard InChI is InChI=1S/C28H51N3O7/c1-7-8-9-10-11-12-13-14-15-18(4)24-19(5)25(34)30-22(17(2)3)26(35)31-23(20(6)33)27(36)29-21(16-32)28(37)38-24/h17-24,32-33H,7-16H2,1-6H3,(H,29,36)(H,30,34)(H,31,35)/t18-,19-,20-,21-,22-,23-,24-/m0/s1. The van der Waals surface area contributed by atoms with Crippen molar-refractivity contribution in [2.75, 3.05) is 6.61 Å². The number of aliphatic hydroxyl groups is 2. The summed E-state index contributed by atoms with van der Waals surface area (Å²) < 4.78 is 5.76. The van der Waals surface area contributed by atoms with Gasteiger partial charge in [0.05, 0.1) is 18.6 Å². The largest absolute Gasteiger partial charge is 0.460 e. The SMILES string of the molecule is CCCCCCCCCC[C@H](C)[C@@H]1OC(=O)[C@H](CO)NC(=O)[C@H]([C@H](C)O)NC(=O)[C@H](C(C)C)NC(=O)[C@H]1C. The van der Waals surface area contributed by atoms with E-state index < -0.39 is 66.5 Å². The average molecular weight is 542 g/mol. The van der Waals surface area contributed by atoms with Gasteiger partial charge in [0, 0.05) is 0 Å². The Morgan fingerprint density at radius 3 is 1.84 bits per heavy atom. The van der Waals surface area contributed by atoms with Crippen LogP contribution in [-0.2, 0) is 23.9 Å². The van der Waals surface area contributed by atoms with Crippen molar-refractivity contribution in [3.8, 4) is 0 Å². The van der Waals surface area contributed by atoms with Crippen molar-refractivity contribution in [1.29, 1.82) is 0 Å². The number of hydrogen-bond donors (Lipinski definition) is 5. The molecule has 0 aliphatic carbocycles. The normalized spacial score (nSPS) is 27.2. The lowest BCUT2D eigenvalue weighted by Gasteiger charge is -2.31. The highest BCUT2D eigenvalue weighted by Gasteiger charge is 2.39. The van der Waals surface area contributed by atoms with E-state index in [1.807, 2.05) is 6.92 Å². The van der Waals surface area contributed by atoms with Crippen LogP contribution in [0.1, 0.15) is 99.3 Å². The Labute approximate surface area is 228 Å². The van der Waals surface area contributed by atoms with E-state index in [1.54, 1.807) is 20.8 Å². The molecule has 220 valence electrons. The van der Waals surface area contributed by atoms with Gasteiger partial charge in [-0.25, -0.2) is 4.79 Å². The van der Waals surface area contributed by atoms with Crippen LogP contribution in [0.5, 0.6) is 0 Å². The Bertz CT molecular complexity index is 759. The number of nitrogens with one attached hydrogen (secondary N) is 3. The Morgan fingerprint density at radius 2 is 1.32 bits per heavy atom. The first-order valence-electron chi connectivity index (χ1n) is 14.3. The maximum Gasteiger partial charge on any atom is 0.331 e. The number of rotatable bonds is 13. The van der Waals surface area contributed by atoms with E-state index >= 15 is 0 Å². The summed E-state index contributed by atoms with van der Waals surface area (Å²) in [5, 5.41) is 27.5. The molecule has 1 heterocycles. The summed E-state index contributed by atoms with van der Waals surface area (Å²) in [6.45, 7) is 9.87. The van der Waals surface area contributed by atoms with Crippen LogP contribution < -0.4 is 16.0 Å². The summed E-state index contributed by atoms with van der Waals surface area (Å²) in [7, 11) is 0. The maximum absolute atomic E-state index is 13.3. The second-order valence-corrected chi connectivity index (χ2v) is 11.1. The van der Waals surface area contributed by atoms with Crippen molar-refractivity contribution in [3.63, 3.8) is 0 Å². The summed E-state index contributed by atoms with van der Waals surface area (Å²) in [6, 6.07) is -3.76. The van der Waals surface area contributed by atoms with Crippen LogP contribution in [0.15, 0.2) is 0 Å². The fourth-order valence-corrected chi connectivity index (χ4v) is 4.75. The Kier molecular flexibility index (Phi) is 15.5. The van der Waals surface area contributed by atoms with Gasteiger partial charge in [0.25, 0.3) is 0 Å². The van der Waals surface area contributed by atoms with E-state index in [0.717, 1.165) is 25.7 Å². The molecule has 1 rings (SSSR count). The van der Waals surface area contributed by atoms with E-state index in [0.29, 0.717) is 0 Å². The molecule has 1 saturated heterocycles. The van der Waals surface area contributed by atoms with Crippen LogP contribution >= 0.6 is 0 Å². The molecule has 5 N–H and O–H groups in total. The number of aliphatic hydroxyl groups excluding tert-OH is 2. The van der Waals surface area contributed by atoms with Gasteiger partial charge >= 0.3 is 5.97 Å². The van der Waals surface area contributed by atoms with Gasteiger partial charge in [-0.2, -0.15) is 0 Å². The topological polar surface area (TPSA) is 154 Å². The van der Waals surface area contributed by atoms with Crippen LogP contribution in [0, 0.1) is 17.8 Å². The van der Waals surface area contributed by atoms with Crippen LogP contribution in [0.25, 0.3) is 0 Å². The van der Waals surface area contributed by atoms with Crippen molar-refractivity contribution in [2.24, 2.45) is 17.8 Å². The van der Waals surface area contributed by atoms with Crippen LogP contribution in [-0.4, -0.2) is 70.8 Å². The molecule has 0 aromatic rings. The molecule has 0 aromatic heterocycles. The molecule has 3 amide bonds. The highest BCUT2D eigenvalue weighted by molar-refractivity contribution is 5.94. The van der Waals surface area contributed by atoms with Crippen LogP contribution in [0.4, 0.5) is 0 Å². The third-order valence-corrected chi connectivity index (χ3v) is 7.33. The molecule has 0 unspecified atom stereocenters. The zero-order valence-corrected chi connectivity index (χ0v) is 24.1. The van der Waals surface area contributed by atoms with E-state index in [9.17, 15) is 29.4 Å². The van der Waals surface area contributed by atoms with Crippen molar-refractivity contribution >= 4 is 23.7 Å². The van der Waals surface area contributed by atoms with Crippen LogP contribution in [0.3, 0.4) is 0 Å². The summed E-state index contributed by atoms with van der Waals surface area (Å²) in [4.78, 5) is 52.1. The lowest BCUT2D eigenvalue weighted by molar-refractivity contribution is -0.162. The van der Waals surface area contributed by atoms with Crippen molar-refractivity contribution in [3.05, 3.63) is 0 Å². The second kappa shape index (κ2) is 17.4. The number of esters is 1. The van der Waals surface area contributed by atoms with E-state index in [2.05, 4.69) is 22.9 Å². The summed E-state index contributed by atoms with van der Waals surface area (Å²) in [5.74, 6) is -4.05. The molecule has 0 aromatic carbocycles. The molecule has 0 radical (unpaired) electrons. The quantitative estimate of drug-likeness (QED) is 0.177.